The number of nitrogens with zero attached hydrogens (tertiary/aromatic N) is 2. The Hall–Kier alpha value is -1.21. The van der Waals surface area contributed by atoms with Crippen molar-refractivity contribution in [3.63, 3.8) is 0 Å². The highest BCUT2D eigenvalue weighted by Crippen LogP contribution is 2.36. The molecular weight excluding hydrogens is 411 g/mol. The summed E-state index contributed by atoms with van der Waals surface area (Å²) in [4.78, 5) is 6.76. The van der Waals surface area contributed by atoms with E-state index in [1.165, 1.54) is 0 Å². The Morgan fingerprint density at radius 1 is 1.08 bits per heavy atom. The number of halogens is 2. The first-order valence-electron chi connectivity index (χ1n) is 8.12. The topological polar surface area (TPSA) is 49.7 Å². The van der Waals surface area contributed by atoms with E-state index in [9.17, 15) is 8.42 Å². The zero-order valence-electron chi connectivity index (χ0n) is 13.7. The highest BCUT2D eigenvalue weighted by Gasteiger charge is 2.47. The molecule has 2 atom stereocenters. The molecule has 0 unspecified atom stereocenters. The minimum Gasteiger partial charge on any atom is -0.315 e. The fourth-order valence-electron chi connectivity index (χ4n) is 3.29. The van der Waals surface area contributed by atoms with Crippen molar-refractivity contribution in [1.82, 2.24) is 0 Å². The quantitative estimate of drug-likeness (QED) is 0.734. The molecule has 2 aliphatic rings. The summed E-state index contributed by atoms with van der Waals surface area (Å²) in [5.41, 5.74) is 1.94. The normalized spacial score (nSPS) is 23.8. The van der Waals surface area contributed by atoms with Crippen LogP contribution in [-0.2, 0) is 15.6 Å². The van der Waals surface area contributed by atoms with E-state index >= 15 is 0 Å². The molecule has 136 valence electrons. The van der Waals surface area contributed by atoms with Crippen molar-refractivity contribution in [2.24, 2.45) is 4.99 Å². The molecule has 1 fully saturated rings. The molecule has 0 saturated carbocycles. The van der Waals surface area contributed by atoms with E-state index in [1.807, 2.05) is 53.4 Å². The number of sulfone groups is 1. The highest BCUT2D eigenvalue weighted by molar-refractivity contribution is 8.13. The maximum Gasteiger partial charge on any atom is 0.164 e. The SMILES string of the molecule is O=S1(=O)C[C@@H]2N=C(SCc3ccccc3Cl)N(c3ccc(Cl)cc3)[C@@H]2C1. The number of fused-ring (bicyclic) bond motifs is 1. The lowest BCUT2D eigenvalue weighted by molar-refractivity contribution is 0.601. The largest absolute Gasteiger partial charge is 0.315 e. The van der Waals surface area contributed by atoms with Gasteiger partial charge in [0.25, 0.3) is 0 Å². The second-order valence-electron chi connectivity index (χ2n) is 6.35. The molecule has 0 bridgehead atoms. The van der Waals surface area contributed by atoms with Crippen molar-refractivity contribution in [2.75, 3.05) is 16.4 Å². The average Bonchev–Trinajstić information content (AvgIpc) is 3.06. The van der Waals surface area contributed by atoms with E-state index in [-0.39, 0.29) is 23.6 Å². The molecule has 8 heteroatoms. The van der Waals surface area contributed by atoms with Gasteiger partial charge in [-0.05, 0) is 35.9 Å². The molecule has 0 N–H and O–H groups in total. The molecule has 0 aromatic heterocycles. The van der Waals surface area contributed by atoms with Gasteiger partial charge in [-0.3, -0.25) is 4.99 Å². The van der Waals surface area contributed by atoms with Crippen LogP contribution in [0.2, 0.25) is 10.0 Å². The number of benzene rings is 2. The summed E-state index contributed by atoms with van der Waals surface area (Å²) in [5.74, 6) is 0.909. The number of rotatable bonds is 3. The van der Waals surface area contributed by atoms with Crippen LogP contribution < -0.4 is 4.90 Å². The molecule has 2 heterocycles. The monoisotopic (exact) mass is 426 g/mol. The summed E-state index contributed by atoms with van der Waals surface area (Å²) in [7, 11) is -3.06. The molecule has 2 aliphatic heterocycles. The third-order valence-corrected chi connectivity index (χ3v) is 7.86. The third-order valence-electron chi connectivity index (χ3n) is 4.53. The summed E-state index contributed by atoms with van der Waals surface area (Å²) in [6.07, 6.45) is 0. The van der Waals surface area contributed by atoms with Crippen LogP contribution in [0.3, 0.4) is 0 Å². The number of aliphatic imine (C=N–C) groups is 1. The number of amidine groups is 1. The molecule has 0 amide bonds. The van der Waals surface area contributed by atoms with Gasteiger partial charge in [0.2, 0.25) is 0 Å². The van der Waals surface area contributed by atoms with Crippen molar-refractivity contribution in [3.05, 3.63) is 64.1 Å². The second kappa shape index (κ2) is 7.08. The predicted molar refractivity (Wildman–Crippen MR) is 110 cm³/mol. The molecule has 0 aliphatic carbocycles. The molecule has 0 radical (unpaired) electrons. The molecule has 4 rings (SSSR count). The van der Waals surface area contributed by atoms with Crippen LogP contribution in [0.25, 0.3) is 0 Å². The first-order chi connectivity index (χ1) is 12.4. The van der Waals surface area contributed by atoms with Gasteiger partial charge in [0, 0.05) is 21.5 Å². The number of hydrogen-bond acceptors (Lipinski definition) is 5. The van der Waals surface area contributed by atoms with Gasteiger partial charge in [-0.2, -0.15) is 0 Å². The summed E-state index contributed by atoms with van der Waals surface area (Å²) in [6, 6.07) is 14.8. The zero-order valence-corrected chi connectivity index (χ0v) is 16.8. The van der Waals surface area contributed by atoms with Gasteiger partial charge >= 0.3 is 0 Å². The predicted octanol–water partition coefficient (Wildman–Crippen LogP) is 4.27. The van der Waals surface area contributed by atoms with Crippen LogP contribution in [0.4, 0.5) is 5.69 Å². The van der Waals surface area contributed by atoms with Crippen LogP contribution in [0.5, 0.6) is 0 Å². The summed E-state index contributed by atoms with van der Waals surface area (Å²) >= 11 is 13.8. The van der Waals surface area contributed by atoms with Gasteiger partial charge in [-0.1, -0.05) is 53.2 Å². The van der Waals surface area contributed by atoms with Crippen molar-refractivity contribution in [2.45, 2.75) is 17.8 Å². The van der Waals surface area contributed by atoms with E-state index in [0.717, 1.165) is 21.4 Å². The number of anilines is 1. The molecular formula is C18H16Cl2N2O2S2. The minimum atomic E-state index is -3.06. The van der Waals surface area contributed by atoms with Crippen molar-refractivity contribution < 1.29 is 8.42 Å². The van der Waals surface area contributed by atoms with Crippen LogP contribution in [0.15, 0.2) is 53.5 Å². The summed E-state index contributed by atoms with van der Waals surface area (Å²) in [5, 5.41) is 2.20. The van der Waals surface area contributed by atoms with Gasteiger partial charge in [-0.15, -0.1) is 0 Å². The van der Waals surface area contributed by atoms with Gasteiger partial charge < -0.3 is 4.90 Å². The summed E-state index contributed by atoms with van der Waals surface area (Å²) in [6.45, 7) is 0. The van der Waals surface area contributed by atoms with Crippen molar-refractivity contribution in [1.29, 1.82) is 0 Å². The lowest BCUT2D eigenvalue weighted by atomic mass is 10.1. The van der Waals surface area contributed by atoms with Gasteiger partial charge in [0.05, 0.1) is 23.6 Å². The minimum absolute atomic E-state index is 0.109. The lowest BCUT2D eigenvalue weighted by Crippen LogP contribution is -2.39. The van der Waals surface area contributed by atoms with Gasteiger partial charge in [0.15, 0.2) is 15.0 Å². The fraction of sp³-hybridized carbons (Fsp3) is 0.278. The van der Waals surface area contributed by atoms with Gasteiger partial charge in [-0.25, -0.2) is 8.42 Å². The van der Waals surface area contributed by atoms with Crippen molar-refractivity contribution >= 4 is 55.7 Å². The average molecular weight is 427 g/mol. The van der Waals surface area contributed by atoms with E-state index in [0.29, 0.717) is 10.8 Å². The molecule has 2 aromatic rings. The van der Waals surface area contributed by atoms with E-state index in [2.05, 4.69) is 0 Å². The Labute approximate surface area is 167 Å². The molecule has 0 spiro atoms. The van der Waals surface area contributed by atoms with Crippen LogP contribution >= 0.6 is 35.0 Å². The molecule has 4 nitrogen and oxygen atoms in total. The van der Waals surface area contributed by atoms with Crippen LogP contribution in [0, 0.1) is 0 Å². The van der Waals surface area contributed by atoms with Crippen LogP contribution in [-0.4, -0.2) is 37.2 Å². The Morgan fingerprint density at radius 2 is 1.81 bits per heavy atom. The molecule has 2 aromatic carbocycles. The zero-order chi connectivity index (χ0) is 18.3. The molecule has 26 heavy (non-hydrogen) atoms. The van der Waals surface area contributed by atoms with E-state index in [4.69, 9.17) is 28.2 Å². The lowest BCUT2D eigenvalue weighted by Gasteiger charge is -2.26. The first-order valence-corrected chi connectivity index (χ1v) is 11.7. The Morgan fingerprint density at radius 3 is 2.54 bits per heavy atom. The fourth-order valence-corrected chi connectivity index (χ4v) is 6.67. The Kier molecular flexibility index (Phi) is 4.94. The van der Waals surface area contributed by atoms with Gasteiger partial charge in [0.1, 0.15) is 0 Å². The van der Waals surface area contributed by atoms with Crippen molar-refractivity contribution in [3.8, 4) is 0 Å². The van der Waals surface area contributed by atoms with E-state index < -0.39 is 9.84 Å². The summed E-state index contributed by atoms with van der Waals surface area (Å²) < 4.78 is 24.1. The number of hydrogen-bond donors (Lipinski definition) is 0. The smallest absolute Gasteiger partial charge is 0.164 e. The molecule has 1 saturated heterocycles. The van der Waals surface area contributed by atoms with E-state index in [1.54, 1.807) is 11.8 Å². The Bertz CT molecular complexity index is 961. The first kappa shape index (κ1) is 18.2. The third kappa shape index (κ3) is 3.60. The van der Waals surface area contributed by atoms with Crippen LogP contribution in [0.1, 0.15) is 5.56 Å². The Balaban J connectivity index is 1.63. The maximum atomic E-state index is 12.1. The second-order valence-corrected chi connectivity index (χ2v) is 10.3. The number of thioether (sulfide) groups is 1. The maximum absolute atomic E-state index is 12.1. The highest BCUT2D eigenvalue weighted by atomic mass is 35.5. The standard InChI is InChI=1S/C18H16Cl2N2O2S2/c19-13-5-7-14(8-6-13)22-17-11-26(23,24)10-16(17)21-18(22)25-9-12-3-1-2-4-15(12)20/h1-8,16-17H,9-11H2/t16-,17+/m0/s1.